The van der Waals surface area contributed by atoms with Crippen LogP contribution < -0.4 is 5.32 Å². The smallest absolute Gasteiger partial charge is 0.309 e. The van der Waals surface area contributed by atoms with Crippen molar-refractivity contribution in [3.8, 4) is 0 Å². The van der Waals surface area contributed by atoms with Crippen LogP contribution in [0.15, 0.2) is 63.3 Å². The van der Waals surface area contributed by atoms with Gasteiger partial charge in [0.25, 0.3) is 5.91 Å². The van der Waals surface area contributed by atoms with Crippen molar-refractivity contribution in [3.63, 3.8) is 0 Å². The molecule has 1 amide bonds. The van der Waals surface area contributed by atoms with E-state index < -0.39 is 10.2 Å². The number of nitrogens with one attached hydrogen (secondary N) is 1. The molecule has 0 atom stereocenters. The first-order valence-electron chi connectivity index (χ1n) is 9.52. The van der Waals surface area contributed by atoms with Crippen molar-refractivity contribution in [2.45, 2.75) is 22.9 Å². The largest absolute Gasteiger partial charge is 0.351 e. The number of benzene rings is 1. The average Bonchev–Trinajstić information content (AvgIpc) is 3.28. The Kier molecular flexibility index (Phi) is 7.63. The van der Waals surface area contributed by atoms with E-state index in [9.17, 15) is 13.2 Å². The highest BCUT2D eigenvalue weighted by Gasteiger charge is 2.25. The first kappa shape index (κ1) is 23.6. The molecular weight excluding hydrogens is 502 g/mol. The number of hydrogen-bond donors (Lipinski definition) is 1. The van der Waals surface area contributed by atoms with Crippen LogP contribution in [-0.4, -0.2) is 52.8 Å². The van der Waals surface area contributed by atoms with E-state index in [1.54, 1.807) is 23.9 Å². The van der Waals surface area contributed by atoms with Crippen LogP contribution in [0.5, 0.6) is 0 Å². The monoisotopic (exact) mass is 525 g/mol. The van der Waals surface area contributed by atoms with Gasteiger partial charge in [-0.2, -0.15) is 12.7 Å². The van der Waals surface area contributed by atoms with Gasteiger partial charge in [-0.05, 0) is 47.0 Å². The molecular formula is C20H24BrN5O3S2. The Hall–Kier alpha value is -2.08. The van der Waals surface area contributed by atoms with Gasteiger partial charge in [0.15, 0.2) is 5.16 Å². The summed E-state index contributed by atoms with van der Waals surface area (Å²) in [5.41, 5.74) is 1.12. The highest BCUT2D eigenvalue weighted by Crippen LogP contribution is 2.29. The van der Waals surface area contributed by atoms with Crippen LogP contribution in [0, 0.1) is 0 Å². The van der Waals surface area contributed by atoms with Crippen LogP contribution >= 0.6 is 27.7 Å². The van der Waals surface area contributed by atoms with Gasteiger partial charge in [-0.25, -0.2) is 8.96 Å². The molecule has 0 fully saturated rings. The number of carbonyl (C=O) groups is 1. The lowest BCUT2D eigenvalue weighted by atomic mass is 10.2. The van der Waals surface area contributed by atoms with Gasteiger partial charge in [-0.15, -0.1) is 0 Å². The third-order valence-corrected chi connectivity index (χ3v) is 7.82. The second-order valence-electron chi connectivity index (χ2n) is 7.02. The molecule has 0 unspecified atom stereocenters. The minimum Gasteiger partial charge on any atom is -0.351 e. The van der Waals surface area contributed by atoms with Crippen molar-refractivity contribution in [2.75, 3.05) is 20.6 Å². The molecule has 166 valence electrons. The molecule has 1 aromatic carbocycles. The number of amides is 1. The van der Waals surface area contributed by atoms with Gasteiger partial charge >= 0.3 is 10.2 Å². The van der Waals surface area contributed by atoms with E-state index in [4.69, 9.17) is 0 Å². The third-order valence-electron chi connectivity index (χ3n) is 4.50. The summed E-state index contributed by atoms with van der Waals surface area (Å²) >= 11 is 4.65. The Morgan fingerprint density at radius 2 is 1.97 bits per heavy atom. The molecule has 0 aliphatic rings. The third kappa shape index (κ3) is 5.59. The number of aryl methyl sites for hydroxylation is 2. The SMILES string of the molecule is CN(C)S(=O)(=O)n1c(CCCNC(=O)c2cc(Br)cn2C)cnc1Sc1ccccc1. The molecule has 2 aromatic heterocycles. The van der Waals surface area contributed by atoms with Gasteiger partial charge in [0.05, 0.1) is 11.9 Å². The number of aromatic nitrogens is 3. The normalized spacial score (nSPS) is 11.8. The predicted molar refractivity (Wildman–Crippen MR) is 125 cm³/mol. The quantitative estimate of drug-likeness (QED) is 0.433. The van der Waals surface area contributed by atoms with Crippen LogP contribution in [0.3, 0.4) is 0 Å². The fourth-order valence-corrected chi connectivity index (χ4v) is 5.64. The maximum atomic E-state index is 12.9. The Labute approximate surface area is 195 Å². The second-order valence-corrected chi connectivity index (χ2v) is 11.0. The number of carbonyl (C=O) groups excluding carboxylic acids is 1. The number of imidazole rings is 1. The molecule has 0 bridgehead atoms. The summed E-state index contributed by atoms with van der Waals surface area (Å²) < 4.78 is 30.9. The summed E-state index contributed by atoms with van der Waals surface area (Å²) in [5.74, 6) is -0.178. The Morgan fingerprint density at radius 1 is 1.26 bits per heavy atom. The summed E-state index contributed by atoms with van der Waals surface area (Å²) in [4.78, 5) is 17.6. The van der Waals surface area contributed by atoms with Gasteiger partial charge in [0.1, 0.15) is 5.69 Å². The Balaban J connectivity index is 1.72. The lowest BCUT2D eigenvalue weighted by Gasteiger charge is -2.17. The van der Waals surface area contributed by atoms with Crippen LogP contribution in [0.4, 0.5) is 0 Å². The fourth-order valence-electron chi connectivity index (χ4n) is 2.91. The van der Waals surface area contributed by atoms with Crippen LogP contribution in [0.25, 0.3) is 0 Å². The van der Waals surface area contributed by atoms with E-state index in [0.717, 1.165) is 9.37 Å². The van der Waals surface area contributed by atoms with Crippen molar-refractivity contribution >= 4 is 43.8 Å². The zero-order chi connectivity index (χ0) is 22.6. The maximum absolute atomic E-state index is 12.9. The summed E-state index contributed by atoms with van der Waals surface area (Å²) in [6.07, 6.45) is 4.42. The lowest BCUT2D eigenvalue weighted by Crippen LogP contribution is -2.31. The molecule has 0 saturated heterocycles. The Bertz CT molecular complexity index is 1160. The number of halogens is 1. The van der Waals surface area contributed by atoms with Crippen molar-refractivity contribution in [2.24, 2.45) is 7.05 Å². The summed E-state index contributed by atoms with van der Waals surface area (Å²) in [6.45, 7) is 0.413. The van der Waals surface area contributed by atoms with E-state index in [1.807, 2.05) is 36.5 Å². The number of rotatable bonds is 9. The molecule has 1 N–H and O–H groups in total. The molecule has 0 spiro atoms. The van der Waals surface area contributed by atoms with E-state index in [2.05, 4.69) is 26.2 Å². The molecule has 31 heavy (non-hydrogen) atoms. The number of hydrogen-bond acceptors (Lipinski definition) is 5. The van der Waals surface area contributed by atoms with Gasteiger partial charge in [0.2, 0.25) is 0 Å². The summed E-state index contributed by atoms with van der Waals surface area (Å²) in [5, 5.41) is 3.26. The van der Waals surface area contributed by atoms with Crippen molar-refractivity contribution in [1.29, 1.82) is 0 Å². The standard InChI is InChI=1S/C20H24BrN5O3S2/c1-24(2)31(28,29)26-16(13-23-20(26)30-17-9-5-4-6-10-17)8-7-11-22-19(27)18-12-15(21)14-25(18)3/h4-6,9-10,12-14H,7-8,11H2,1-3H3,(H,22,27). The molecule has 0 aliphatic heterocycles. The molecule has 8 nitrogen and oxygen atoms in total. The van der Waals surface area contributed by atoms with Crippen LogP contribution in [-0.2, 0) is 23.7 Å². The van der Waals surface area contributed by atoms with Crippen molar-refractivity contribution < 1.29 is 13.2 Å². The van der Waals surface area contributed by atoms with E-state index >= 15 is 0 Å². The topological polar surface area (TPSA) is 89.2 Å². The average molecular weight is 526 g/mol. The first-order chi connectivity index (χ1) is 14.7. The van der Waals surface area contributed by atoms with E-state index in [-0.39, 0.29) is 5.91 Å². The van der Waals surface area contributed by atoms with Gasteiger partial charge in [-0.3, -0.25) is 4.79 Å². The van der Waals surface area contributed by atoms with E-state index in [0.29, 0.717) is 35.9 Å². The van der Waals surface area contributed by atoms with Gasteiger partial charge < -0.3 is 9.88 Å². The number of nitrogens with zero attached hydrogens (tertiary/aromatic N) is 4. The predicted octanol–water partition coefficient (Wildman–Crippen LogP) is 3.15. The Morgan fingerprint density at radius 3 is 2.58 bits per heavy atom. The van der Waals surface area contributed by atoms with Crippen molar-refractivity contribution in [1.82, 2.24) is 23.1 Å². The highest BCUT2D eigenvalue weighted by atomic mass is 79.9. The second kappa shape index (κ2) is 10.0. The molecule has 0 aliphatic carbocycles. The first-order valence-corrected chi connectivity index (χ1v) is 12.5. The molecule has 0 saturated carbocycles. The summed E-state index contributed by atoms with van der Waals surface area (Å²) in [6, 6.07) is 11.3. The van der Waals surface area contributed by atoms with Gasteiger partial charge in [0, 0.05) is 43.3 Å². The van der Waals surface area contributed by atoms with Crippen molar-refractivity contribution in [3.05, 3.63) is 64.7 Å². The zero-order valence-electron chi connectivity index (χ0n) is 17.4. The van der Waals surface area contributed by atoms with Gasteiger partial charge in [-0.1, -0.05) is 30.0 Å². The fraction of sp³-hybridized carbons (Fsp3) is 0.300. The molecule has 3 rings (SSSR count). The molecule has 11 heteroatoms. The minimum atomic E-state index is -3.74. The van der Waals surface area contributed by atoms with Crippen LogP contribution in [0.1, 0.15) is 22.6 Å². The summed E-state index contributed by atoms with van der Waals surface area (Å²) in [7, 11) is 1.05. The minimum absolute atomic E-state index is 0.178. The molecule has 2 heterocycles. The highest BCUT2D eigenvalue weighted by molar-refractivity contribution is 9.10. The zero-order valence-corrected chi connectivity index (χ0v) is 20.7. The van der Waals surface area contributed by atoms with Crippen LogP contribution in [0.2, 0.25) is 0 Å². The molecule has 0 radical (unpaired) electrons. The van der Waals surface area contributed by atoms with E-state index in [1.165, 1.54) is 34.1 Å². The molecule has 3 aromatic rings. The lowest BCUT2D eigenvalue weighted by molar-refractivity contribution is 0.0945. The maximum Gasteiger partial charge on any atom is 0.309 e.